The van der Waals surface area contributed by atoms with Crippen LogP contribution in [-0.4, -0.2) is 24.7 Å². The third-order valence-corrected chi connectivity index (χ3v) is 4.84. The van der Waals surface area contributed by atoms with Crippen molar-refractivity contribution in [3.63, 3.8) is 0 Å². The normalized spacial score (nSPS) is 29.0. The van der Waals surface area contributed by atoms with Crippen LogP contribution in [0.15, 0.2) is 24.3 Å². The highest BCUT2D eigenvalue weighted by Crippen LogP contribution is 2.52. The van der Waals surface area contributed by atoms with E-state index in [2.05, 4.69) is 19.2 Å². The van der Waals surface area contributed by atoms with E-state index >= 15 is 0 Å². The highest BCUT2D eigenvalue weighted by molar-refractivity contribution is 5.94. The molecule has 1 saturated carbocycles. The number of nitrogens with one attached hydrogen (secondary N) is 1. The smallest absolute Gasteiger partial charge is 0.251 e. The van der Waals surface area contributed by atoms with E-state index in [1.165, 1.54) is 0 Å². The predicted octanol–water partition coefficient (Wildman–Crippen LogP) is 2.11. The summed E-state index contributed by atoms with van der Waals surface area (Å²) >= 11 is 0. The molecule has 2 fully saturated rings. The number of nitrogens with two attached hydrogens (primary N) is 1. The van der Waals surface area contributed by atoms with Gasteiger partial charge in [-0.15, -0.1) is 12.4 Å². The van der Waals surface area contributed by atoms with Gasteiger partial charge in [0.2, 0.25) is 0 Å². The molecular weight excluding hydrogens is 288 g/mol. The molecule has 1 aliphatic carbocycles. The van der Waals surface area contributed by atoms with E-state index in [1.807, 2.05) is 24.3 Å². The fourth-order valence-corrected chi connectivity index (χ4v) is 3.63. The lowest BCUT2D eigenvalue weighted by atomic mass is 9.57. The van der Waals surface area contributed by atoms with Crippen molar-refractivity contribution in [2.45, 2.75) is 39.0 Å². The molecule has 0 bridgehead atoms. The molecule has 1 saturated heterocycles. The third kappa shape index (κ3) is 2.68. The minimum atomic E-state index is -0.00278. The van der Waals surface area contributed by atoms with Crippen LogP contribution in [-0.2, 0) is 11.3 Å². The molecule has 0 aromatic heterocycles. The zero-order chi connectivity index (χ0) is 14.3. The molecule has 0 radical (unpaired) electrons. The Morgan fingerprint density at radius 3 is 2.67 bits per heavy atom. The second-order valence-corrected chi connectivity index (χ2v) is 6.42. The summed E-state index contributed by atoms with van der Waals surface area (Å²) in [5, 5.41) is 3.18. The van der Waals surface area contributed by atoms with Gasteiger partial charge in [0.25, 0.3) is 5.91 Å². The summed E-state index contributed by atoms with van der Waals surface area (Å²) < 4.78 is 5.75. The van der Waals surface area contributed by atoms with Crippen LogP contribution in [0.2, 0.25) is 0 Å². The first-order valence-corrected chi connectivity index (χ1v) is 7.25. The van der Waals surface area contributed by atoms with Gasteiger partial charge < -0.3 is 15.8 Å². The number of halogens is 1. The van der Waals surface area contributed by atoms with Crippen molar-refractivity contribution in [3.05, 3.63) is 35.4 Å². The molecule has 3 atom stereocenters. The summed E-state index contributed by atoms with van der Waals surface area (Å²) in [6, 6.07) is 7.69. The van der Waals surface area contributed by atoms with Gasteiger partial charge in [-0.05, 0) is 24.1 Å². The number of ether oxygens (including phenoxy) is 1. The summed E-state index contributed by atoms with van der Waals surface area (Å²) in [7, 11) is 0. The zero-order valence-electron chi connectivity index (χ0n) is 12.5. The Morgan fingerprint density at radius 1 is 1.38 bits per heavy atom. The summed E-state index contributed by atoms with van der Waals surface area (Å²) in [6.45, 7) is 5.65. The molecule has 21 heavy (non-hydrogen) atoms. The average molecular weight is 311 g/mol. The Bertz CT molecular complexity index is 516. The maximum atomic E-state index is 12.3. The number of carbonyl (C=O) groups is 1. The van der Waals surface area contributed by atoms with E-state index in [1.54, 1.807) is 0 Å². The summed E-state index contributed by atoms with van der Waals surface area (Å²) in [5.41, 5.74) is 7.32. The van der Waals surface area contributed by atoms with Crippen LogP contribution in [0.5, 0.6) is 0 Å². The van der Waals surface area contributed by atoms with E-state index in [9.17, 15) is 4.79 Å². The van der Waals surface area contributed by atoms with Crippen LogP contribution in [0, 0.1) is 11.3 Å². The average Bonchev–Trinajstić information content (AvgIpc) is 2.91. The monoisotopic (exact) mass is 310 g/mol. The molecule has 4 nitrogen and oxygen atoms in total. The van der Waals surface area contributed by atoms with Crippen LogP contribution >= 0.6 is 12.4 Å². The molecule has 2 aliphatic rings. The van der Waals surface area contributed by atoms with E-state index in [0.29, 0.717) is 24.1 Å². The highest BCUT2D eigenvalue weighted by Gasteiger charge is 2.59. The van der Waals surface area contributed by atoms with Crippen LogP contribution in [0.4, 0.5) is 0 Å². The number of carbonyl (C=O) groups excluding carboxylic acids is 1. The van der Waals surface area contributed by atoms with Gasteiger partial charge in [0.15, 0.2) is 0 Å². The molecule has 3 rings (SSSR count). The molecule has 0 spiro atoms. The lowest BCUT2D eigenvalue weighted by molar-refractivity contribution is -0.108. The van der Waals surface area contributed by atoms with Crippen molar-refractivity contribution in [3.8, 4) is 0 Å². The van der Waals surface area contributed by atoms with Crippen molar-refractivity contribution >= 4 is 18.3 Å². The van der Waals surface area contributed by atoms with E-state index in [4.69, 9.17) is 10.5 Å². The second-order valence-electron chi connectivity index (χ2n) is 6.42. The van der Waals surface area contributed by atoms with Gasteiger partial charge in [-0.25, -0.2) is 0 Å². The number of hydrogen-bond acceptors (Lipinski definition) is 3. The highest BCUT2D eigenvalue weighted by atomic mass is 35.5. The lowest BCUT2D eigenvalue weighted by Crippen LogP contribution is -2.66. The molecule has 116 valence electrons. The van der Waals surface area contributed by atoms with Gasteiger partial charge in [0.05, 0.1) is 6.10 Å². The largest absolute Gasteiger partial charge is 0.377 e. The Labute approximate surface area is 131 Å². The van der Waals surface area contributed by atoms with Crippen molar-refractivity contribution in [1.82, 2.24) is 5.32 Å². The Morgan fingerprint density at radius 2 is 2.05 bits per heavy atom. The first-order valence-electron chi connectivity index (χ1n) is 7.25. The maximum Gasteiger partial charge on any atom is 0.251 e. The number of fused-ring (bicyclic) bond motifs is 1. The van der Waals surface area contributed by atoms with Crippen LogP contribution in [0.1, 0.15) is 36.2 Å². The van der Waals surface area contributed by atoms with Crippen LogP contribution in [0.3, 0.4) is 0 Å². The van der Waals surface area contributed by atoms with Crippen molar-refractivity contribution < 1.29 is 9.53 Å². The van der Waals surface area contributed by atoms with Crippen LogP contribution < -0.4 is 11.1 Å². The molecule has 1 amide bonds. The molecule has 1 aliphatic heterocycles. The first-order chi connectivity index (χ1) is 9.54. The zero-order valence-corrected chi connectivity index (χ0v) is 13.3. The SMILES string of the molecule is CC1(C)C(NC(=O)c2ccc(CN)cc2)C2CCOC21.Cl. The van der Waals surface area contributed by atoms with E-state index in [-0.39, 0.29) is 29.8 Å². The number of amides is 1. The number of hydrogen-bond donors (Lipinski definition) is 2. The molecule has 3 N–H and O–H groups in total. The molecule has 1 aromatic carbocycles. The fourth-order valence-electron chi connectivity index (χ4n) is 3.63. The number of rotatable bonds is 3. The Hall–Kier alpha value is -1.10. The van der Waals surface area contributed by atoms with Crippen molar-refractivity contribution in [1.29, 1.82) is 0 Å². The van der Waals surface area contributed by atoms with Gasteiger partial charge in [-0.1, -0.05) is 26.0 Å². The van der Waals surface area contributed by atoms with Gasteiger partial charge in [-0.3, -0.25) is 4.79 Å². The minimum absolute atomic E-state index is 0. The molecule has 1 heterocycles. The topological polar surface area (TPSA) is 64.4 Å². The van der Waals surface area contributed by atoms with E-state index < -0.39 is 0 Å². The first kappa shape index (κ1) is 16.3. The minimum Gasteiger partial charge on any atom is -0.377 e. The summed E-state index contributed by atoms with van der Waals surface area (Å²) in [4.78, 5) is 12.3. The second kappa shape index (κ2) is 5.95. The standard InChI is InChI=1S/C16H22N2O2.ClH/c1-16(2)13(12-7-8-20-14(12)16)18-15(19)11-5-3-10(9-17)4-6-11;/h3-6,12-14H,7-9,17H2,1-2H3,(H,18,19);1H. The van der Waals surface area contributed by atoms with Crippen molar-refractivity contribution in [2.75, 3.05) is 6.61 Å². The summed E-state index contributed by atoms with van der Waals surface area (Å²) in [6.07, 6.45) is 1.35. The maximum absolute atomic E-state index is 12.3. The third-order valence-electron chi connectivity index (χ3n) is 4.84. The molecule has 5 heteroatoms. The Kier molecular flexibility index (Phi) is 4.61. The van der Waals surface area contributed by atoms with Gasteiger partial charge in [-0.2, -0.15) is 0 Å². The summed E-state index contributed by atoms with van der Waals surface area (Å²) in [5.74, 6) is 0.467. The van der Waals surface area contributed by atoms with Crippen molar-refractivity contribution in [2.24, 2.45) is 17.1 Å². The van der Waals surface area contributed by atoms with Gasteiger partial charge in [0.1, 0.15) is 0 Å². The Balaban J connectivity index is 0.00000161. The molecular formula is C16H23ClN2O2. The van der Waals surface area contributed by atoms with E-state index in [0.717, 1.165) is 18.6 Å². The lowest BCUT2D eigenvalue weighted by Gasteiger charge is -2.54. The fraction of sp³-hybridized carbons (Fsp3) is 0.562. The number of benzene rings is 1. The molecule has 3 unspecified atom stereocenters. The van der Waals surface area contributed by atoms with Crippen LogP contribution in [0.25, 0.3) is 0 Å². The van der Waals surface area contributed by atoms with Gasteiger partial charge >= 0.3 is 0 Å². The van der Waals surface area contributed by atoms with Gasteiger partial charge in [0, 0.05) is 36.1 Å². The molecule has 1 aromatic rings. The predicted molar refractivity (Wildman–Crippen MR) is 84.5 cm³/mol. The quantitative estimate of drug-likeness (QED) is 0.898.